The first-order valence-electron chi connectivity index (χ1n) is 6.28. The number of aromatic nitrogens is 1. The van der Waals surface area contributed by atoms with Crippen molar-refractivity contribution >= 4 is 28.1 Å². The van der Waals surface area contributed by atoms with Gasteiger partial charge in [-0.25, -0.2) is 0 Å². The van der Waals surface area contributed by atoms with Crippen LogP contribution in [0.1, 0.15) is 5.56 Å². The summed E-state index contributed by atoms with van der Waals surface area (Å²) >= 11 is 5.90. The molecule has 1 aromatic heterocycles. The number of benzene rings is 2. The Balaban J connectivity index is 1.85. The number of nitrogens with one attached hydrogen (secondary N) is 1. The normalized spacial score (nSPS) is 10.7. The van der Waals surface area contributed by atoms with Gasteiger partial charge in [0, 0.05) is 35.4 Å². The summed E-state index contributed by atoms with van der Waals surface area (Å²) in [4.78, 5) is 4.12. The minimum atomic E-state index is 0.103. The van der Waals surface area contributed by atoms with E-state index in [0.717, 1.165) is 22.0 Å². The fourth-order valence-corrected chi connectivity index (χ4v) is 2.34. The Morgan fingerprint density at radius 1 is 1.15 bits per heavy atom. The third kappa shape index (κ3) is 2.53. The number of hydrogen-bond donors (Lipinski definition) is 2. The molecule has 0 aliphatic rings. The second kappa shape index (κ2) is 5.39. The maximum absolute atomic E-state index is 9.41. The minimum Gasteiger partial charge on any atom is -0.506 e. The van der Waals surface area contributed by atoms with E-state index in [4.69, 9.17) is 11.6 Å². The lowest BCUT2D eigenvalue weighted by atomic mass is 10.1. The lowest BCUT2D eigenvalue weighted by Gasteiger charge is -2.10. The largest absolute Gasteiger partial charge is 0.506 e. The number of nitrogens with zero attached hydrogens (tertiary/aromatic N) is 1. The van der Waals surface area contributed by atoms with Gasteiger partial charge in [-0.2, -0.15) is 0 Å². The van der Waals surface area contributed by atoms with Gasteiger partial charge in [-0.3, -0.25) is 4.98 Å². The number of pyridine rings is 1. The minimum absolute atomic E-state index is 0.103. The number of hydrogen-bond acceptors (Lipinski definition) is 3. The van der Waals surface area contributed by atoms with Crippen LogP contribution in [0.5, 0.6) is 5.75 Å². The van der Waals surface area contributed by atoms with Crippen molar-refractivity contribution < 1.29 is 5.11 Å². The van der Waals surface area contributed by atoms with Crippen LogP contribution >= 0.6 is 11.6 Å². The Bertz CT molecular complexity index is 753. The molecule has 0 radical (unpaired) electrons. The summed E-state index contributed by atoms with van der Waals surface area (Å²) in [6.45, 7) is 0.640. The Kier molecular flexibility index (Phi) is 3.44. The molecule has 2 aromatic carbocycles. The van der Waals surface area contributed by atoms with Crippen molar-refractivity contribution in [3.8, 4) is 5.75 Å². The molecular formula is C16H13ClN2O. The quantitative estimate of drug-likeness (QED) is 0.757. The molecule has 2 N–H and O–H groups in total. The summed E-state index contributed by atoms with van der Waals surface area (Å²) in [5, 5.41) is 15.4. The van der Waals surface area contributed by atoms with Crippen molar-refractivity contribution in [3.63, 3.8) is 0 Å². The first-order valence-corrected chi connectivity index (χ1v) is 6.66. The van der Waals surface area contributed by atoms with E-state index in [-0.39, 0.29) is 5.75 Å². The van der Waals surface area contributed by atoms with Crippen LogP contribution in [0, 0.1) is 0 Å². The van der Waals surface area contributed by atoms with Gasteiger partial charge >= 0.3 is 0 Å². The molecule has 0 aliphatic heterocycles. The number of fused-ring (bicyclic) bond motifs is 1. The maximum atomic E-state index is 9.41. The maximum Gasteiger partial charge on any atom is 0.134 e. The van der Waals surface area contributed by atoms with E-state index in [1.807, 2.05) is 36.5 Å². The average Bonchev–Trinajstić information content (AvgIpc) is 2.48. The highest BCUT2D eigenvalue weighted by Gasteiger charge is 2.02. The van der Waals surface area contributed by atoms with Gasteiger partial charge in [0.1, 0.15) is 5.75 Å². The molecule has 1 heterocycles. The lowest BCUT2D eigenvalue weighted by molar-refractivity contribution is 0.475. The summed E-state index contributed by atoms with van der Waals surface area (Å²) in [5.41, 5.74) is 2.06. The van der Waals surface area contributed by atoms with Gasteiger partial charge in [0.25, 0.3) is 0 Å². The molecule has 4 heteroatoms. The van der Waals surface area contributed by atoms with Crippen molar-refractivity contribution in [1.82, 2.24) is 4.98 Å². The van der Waals surface area contributed by atoms with E-state index < -0.39 is 0 Å². The van der Waals surface area contributed by atoms with Gasteiger partial charge < -0.3 is 10.4 Å². The van der Waals surface area contributed by atoms with Gasteiger partial charge in [0.2, 0.25) is 0 Å². The molecule has 0 bridgehead atoms. The highest BCUT2D eigenvalue weighted by molar-refractivity contribution is 6.32. The summed E-state index contributed by atoms with van der Waals surface area (Å²) in [5.74, 6) is 0.103. The molecule has 0 saturated heterocycles. The Morgan fingerprint density at radius 3 is 2.90 bits per heavy atom. The zero-order valence-electron chi connectivity index (χ0n) is 10.7. The zero-order valence-corrected chi connectivity index (χ0v) is 11.4. The molecule has 0 amide bonds. The van der Waals surface area contributed by atoms with Crippen molar-refractivity contribution in [3.05, 3.63) is 65.4 Å². The Morgan fingerprint density at radius 2 is 2.05 bits per heavy atom. The first kappa shape index (κ1) is 12.8. The van der Waals surface area contributed by atoms with E-state index in [2.05, 4.69) is 10.3 Å². The molecule has 3 nitrogen and oxygen atoms in total. The number of phenols is 1. The molecule has 3 rings (SSSR count). The van der Waals surface area contributed by atoms with E-state index in [0.29, 0.717) is 11.6 Å². The van der Waals surface area contributed by atoms with Crippen LogP contribution in [-0.4, -0.2) is 10.1 Å². The third-order valence-corrected chi connectivity index (χ3v) is 3.48. The molecule has 0 aliphatic carbocycles. The monoisotopic (exact) mass is 284 g/mol. The zero-order chi connectivity index (χ0) is 13.9. The summed E-state index contributed by atoms with van der Waals surface area (Å²) < 4.78 is 0. The second-order valence-corrected chi connectivity index (χ2v) is 4.95. The van der Waals surface area contributed by atoms with Crippen LogP contribution in [0.4, 0.5) is 5.69 Å². The van der Waals surface area contributed by atoms with Crippen molar-refractivity contribution in [2.45, 2.75) is 6.54 Å². The van der Waals surface area contributed by atoms with Gasteiger partial charge in [-0.05, 0) is 29.8 Å². The third-order valence-electron chi connectivity index (χ3n) is 3.18. The van der Waals surface area contributed by atoms with Crippen LogP contribution in [0.3, 0.4) is 0 Å². The van der Waals surface area contributed by atoms with E-state index >= 15 is 0 Å². The van der Waals surface area contributed by atoms with Crippen LogP contribution in [0.2, 0.25) is 5.02 Å². The highest BCUT2D eigenvalue weighted by Crippen LogP contribution is 2.25. The second-order valence-electron chi connectivity index (χ2n) is 4.54. The average molecular weight is 285 g/mol. The van der Waals surface area contributed by atoms with E-state index in [1.165, 1.54) is 0 Å². The van der Waals surface area contributed by atoms with Gasteiger partial charge in [0.15, 0.2) is 0 Å². The number of halogens is 1. The standard InChI is InChI=1S/C16H13ClN2O/c17-14-8-11(4-5-16(14)20)9-19-15-3-1-2-12-10-18-7-6-13(12)15/h1-8,10,19-20H,9H2. The highest BCUT2D eigenvalue weighted by atomic mass is 35.5. The fraction of sp³-hybridized carbons (Fsp3) is 0.0625. The number of rotatable bonds is 3. The summed E-state index contributed by atoms with van der Waals surface area (Å²) in [6, 6.07) is 13.3. The molecule has 0 spiro atoms. The molecule has 0 fully saturated rings. The first-order chi connectivity index (χ1) is 9.74. The van der Waals surface area contributed by atoms with Crippen LogP contribution < -0.4 is 5.32 Å². The molecule has 0 unspecified atom stereocenters. The number of aromatic hydroxyl groups is 1. The number of phenolic OH excluding ortho intramolecular Hbond substituents is 1. The van der Waals surface area contributed by atoms with Crippen molar-refractivity contribution in [1.29, 1.82) is 0 Å². The van der Waals surface area contributed by atoms with Gasteiger partial charge in [-0.15, -0.1) is 0 Å². The smallest absolute Gasteiger partial charge is 0.134 e. The van der Waals surface area contributed by atoms with E-state index in [1.54, 1.807) is 18.3 Å². The lowest BCUT2D eigenvalue weighted by Crippen LogP contribution is -1.99. The number of anilines is 1. The Labute approximate surface area is 121 Å². The molecule has 0 atom stereocenters. The van der Waals surface area contributed by atoms with Crippen molar-refractivity contribution in [2.75, 3.05) is 5.32 Å². The summed E-state index contributed by atoms with van der Waals surface area (Å²) in [6.07, 6.45) is 3.63. The molecule has 100 valence electrons. The van der Waals surface area contributed by atoms with E-state index in [9.17, 15) is 5.11 Å². The van der Waals surface area contributed by atoms with Crippen molar-refractivity contribution in [2.24, 2.45) is 0 Å². The summed E-state index contributed by atoms with van der Waals surface area (Å²) in [7, 11) is 0. The predicted octanol–water partition coefficient (Wildman–Crippen LogP) is 4.21. The van der Waals surface area contributed by atoms with Crippen LogP contribution in [0.25, 0.3) is 10.8 Å². The van der Waals surface area contributed by atoms with Gasteiger partial charge in [-0.1, -0.05) is 29.8 Å². The van der Waals surface area contributed by atoms with Crippen LogP contribution in [0.15, 0.2) is 54.9 Å². The predicted molar refractivity (Wildman–Crippen MR) is 82.2 cm³/mol. The SMILES string of the molecule is Oc1ccc(CNc2cccc3cnccc23)cc1Cl. The fourth-order valence-electron chi connectivity index (χ4n) is 2.13. The molecule has 20 heavy (non-hydrogen) atoms. The molecular weight excluding hydrogens is 272 g/mol. The molecule has 0 saturated carbocycles. The van der Waals surface area contributed by atoms with Gasteiger partial charge in [0.05, 0.1) is 5.02 Å². The molecule has 3 aromatic rings. The Hall–Kier alpha value is -2.26. The van der Waals surface area contributed by atoms with Crippen LogP contribution in [-0.2, 0) is 6.54 Å². The topological polar surface area (TPSA) is 45.1 Å².